The van der Waals surface area contributed by atoms with Crippen molar-refractivity contribution in [3.05, 3.63) is 29.8 Å². The van der Waals surface area contributed by atoms with Crippen molar-refractivity contribution in [2.24, 2.45) is 0 Å². The van der Waals surface area contributed by atoms with Crippen LogP contribution in [0.2, 0.25) is 0 Å². The van der Waals surface area contributed by atoms with Crippen LogP contribution in [0.4, 0.5) is 0 Å². The summed E-state index contributed by atoms with van der Waals surface area (Å²) >= 11 is 5.60. The van der Waals surface area contributed by atoms with Crippen LogP contribution in [0.3, 0.4) is 0 Å². The maximum Gasteiger partial charge on any atom is 0.231 e. The Morgan fingerprint density at radius 1 is 1.33 bits per heavy atom. The molecular weight excluding hydrogens is 250 g/mol. The van der Waals surface area contributed by atoms with Crippen molar-refractivity contribution in [3.8, 4) is 5.75 Å². The summed E-state index contributed by atoms with van der Waals surface area (Å²) in [5.41, 5.74) is 0.996. The number of benzene rings is 1. The highest BCUT2D eigenvalue weighted by Crippen LogP contribution is 2.33. The lowest BCUT2D eigenvalue weighted by Crippen LogP contribution is -2.30. The fourth-order valence-corrected chi connectivity index (χ4v) is 2.30. The average molecular weight is 268 g/mol. The molecule has 1 heterocycles. The maximum absolute atomic E-state index is 12.0. The van der Waals surface area contributed by atoms with Gasteiger partial charge in [-0.3, -0.25) is 4.79 Å². The molecule has 2 rings (SSSR count). The topological polar surface area (TPSA) is 38.3 Å². The third-order valence-corrected chi connectivity index (χ3v) is 3.39. The normalized spacial score (nSPS) is 17.1. The number of para-hydroxylation sites is 1. The molecule has 1 aliphatic heterocycles. The zero-order valence-electron chi connectivity index (χ0n) is 10.3. The van der Waals surface area contributed by atoms with Crippen molar-refractivity contribution in [2.45, 2.75) is 25.2 Å². The van der Waals surface area contributed by atoms with E-state index >= 15 is 0 Å². The van der Waals surface area contributed by atoms with Crippen molar-refractivity contribution in [3.63, 3.8) is 0 Å². The zero-order chi connectivity index (χ0) is 12.8. The lowest BCUT2D eigenvalue weighted by Gasteiger charge is -2.09. The Labute approximate surface area is 112 Å². The Kier molecular flexibility index (Phi) is 4.88. The van der Waals surface area contributed by atoms with Gasteiger partial charge in [0.2, 0.25) is 5.91 Å². The molecule has 0 aromatic heterocycles. The van der Waals surface area contributed by atoms with Gasteiger partial charge in [-0.1, -0.05) is 24.6 Å². The minimum Gasteiger partial charge on any atom is -0.492 e. The molecular formula is C14H18ClNO2. The molecule has 0 saturated heterocycles. The van der Waals surface area contributed by atoms with Crippen LogP contribution in [0.25, 0.3) is 0 Å². The van der Waals surface area contributed by atoms with E-state index in [4.69, 9.17) is 16.3 Å². The Balaban J connectivity index is 1.80. The number of rotatable bonds is 6. The molecule has 0 spiro atoms. The molecule has 0 radical (unpaired) electrons. The standard InChI is InChI=1S/C14H18ClNO2/c15-8-4-1-5-9-16-14(17)12-10-18-13-7-3-2-6-11(12)13/h2-3,6-7,12H,1,4-5,8-10H2,(H,16,17). The molecule has 1 aromatic rings. The molecule has 1 atom stereocenters. The first-order chi connectivity index (χ1) is 8.83. The number of amides is 1. The number of hydrogen-bond donors (Lipinski definition) is 1. The number of carbonyl (C=O) groups excluding carboxylic acids is 1. The summed E-state index contributed by atoms with van der Waals surface area (Å²) in [6.45, 7) is 1.17. The highest BCUT2D eigenvalue weighted by Gasteiger charge is 2.29. The quantitative estimate of drug-likeness (QED) is 0.636. The van der Waals surface area contributed by atoms with Gasteiger partial charge in [-0.05, 0) is 18.9 Å². The van der Waals surface area contributed by atoms with Crippen molar-refractivity contribution >= 4 is 17.5 Å². The van der Waals surface area contributed by atoms with Crippen molar-refractivity contribution in [1.29, 1.82) is 0 Å². The second-order valence-electron chi connectivity index (χ2n) is 4.44. The van der Waals surface area contributed by atoms with Crippen LogP contribution in [-0.2, 0) is 4.79 Å². The molecule has 0 fully saturated rings. The number of halogens is 1. The molecule has 1 unspecified atom stereocenters. The van der Waals surface area contributed by atoms with Gasteiger partial charge in [-0.15, -0.1) is 11.6 Å². The molecule has 18 heavy (non-hydrogen) atoms. The van der Waals surface area contributed by atoms with Crippen LogP contribution in [-0.4, -0.2) is 24.9 Å². The van der Waals surface area contributed by atoms with Gasteiger partial charge < -0.3 is 10.1 Å². The van der Waals surface area contributed by atoms with Gasteiger partial charge in [0.25, 0.3) is 0 Å². The minimum atomic E-state index is -0.158. The Hall–Kier alpha value is -1.22. The van der Waals surface area contributed by atoms with E-state index in [9.17, 15) is 4.79 Å². The van der Waals surface area contributed by atoms with E-state index in [1.807, 2.05) is 24.3 Å². The highest BCUT2D eigenvalue weighted by atomic mass is 35.5. The van der Waals surface area contributed by atoms with Crippen LogP contribution in [0.15, 0.2) is 24.3 Å². The third kappa shape index (κ3) is 3.16. The predicted octanol–water partition coefficient (Wildman–Crippen LogP) is 2.69. The molecule has 1 amide bonds. The average Bonchev–Trinajstić information content (AvgIpc) is 2.82. The molecule has 3 nitrogen and oxygen atoms in total. The van der Waals surface area contributed by atoms with Crippen LogP contribution in [0, 0.1) is 0 Å². The smallest absolute Gasteiger partial charge is 0.231 e. The predicted molar refractivity (Wildman–Crippen MR) is 72.3 cm³/mol. The number of hydrogen-bond acceptors (Lipinski definition) is 2. The van der Waals surface area contributed by atoms with Gasteiger partial charge in [0.1, 0.15) is 18.3 Å². The van der Waals surface area contributed by atoms with Gasteiger partial charge in [0, 0.05) is 18.0 Å². The fourth-order valence-electron chi connectivity index (χ4n) is 2.11. The summed E-state index contributed by atoms with van der Waals surface area (Å²) in [5, 5.41) is 2.96. The number of unbranched alkanes of at least 4 members (excludes halogenated alkanes) is 2. The van der Waals surface area contributed by atoms with Gasteiger partial charge >= 0.3 is 0 Å². The summed E-state index contributed by atoms with van der Waals surface area (Å²) < 4.78 is 5.50. The largest absolute Gasteiger partial charge is 0.492 e. The summed E-state index contributed by atoms with van der Waals surface area (Å²) in [5.74, 6) is 1.43. The second kappa shape index (κ2) is 6.64. The van der Waals surface area contributed by atoms with Gasteiger partial charge in [-0.2, -0.15) is 0 Å². The van der Waals surface area contributed by atoms with E-state index in [1.165, 1.54) is 0 Å². The Bertz CT molecular complexity index is 409. The molecule has 0 aliphatic carbocycles. The molecule has 1 aliphatic rings. The van der Waals surface area contributed by atoms with Crippen molar-refractivity contribution < 1.29 is 9.53 Å². The zero-order valence-corrected chi connectivity index (χ0v) is 11.1. The number of ether oxygens (including phenoxy) is 1. The number of carbonyl (C=O) groups is 1. The van der Waals surface area contributed by atoms with Crippen molar-refractivity contribution in [1.82, 2.24) is 5.32 Å². The van der Waals surface area contributed by atoms with Gasteiger partial charge in [0.05, 0.1) is 0 Å². The minimum absolute atomic E-state index is 0.0609. The molecule has 98 valence electrons. The second-order valence-corrected chi connectivity index (χ2v) is 4.82. The summed E-state index contributed by atoms with van der Waals surface area (Å²) in [7, 11) is 0. The summed E-state index contributed by atoms with van der Waals surface area (Å²) in [6, 6.07) is 7.72. The van der Waals surface area contributed by atoms with Crippen molar-refractivity contribution in [2.75, 3.05) is 19.0 Å². The molecule has 4 heteroatoms. The number of fused-ring (bicyclic) bond motifs is 1. The van der Waals surface area contributed by atoms with Crippen LogP contribution in [0.1, 0.15) is 30.7 Å². The summed E-state index contributed by atoms with van der Waals surface area (Å²) in [6.07, 6.45) is 3.04. The van der Waals surface area contributed by atoms with E-state index in [0.717, 1.165) is 30.6 Å². The first kappa shape index (κ1) is 13.2. The lowest BCUT2D eigenvalue weighted by atomic mass is 10.0. The van der Waals surface area contributed by atoms with Gasteiger partial charge in [0.15, 0.2) is 0 Å². The fraction of sp³-hybridized carbons (Fsp3) is 0.500. The van der Waals surface area contributed by atoms with Gasteiger partial charge in [-0.25, -0.2) is 0 Å². The van der Waals surface area contributed by atoms with E-state index in [0.29, 0.717) is 19.0 Å². The monoisotopic (exact) mass is 267 g/mol. The first-order valence-corrected chi connectivity index (χ1v) is 6.92. The van der Waals surface area contributed by atoms with E-state index in [2.05, 4.69) is 5.32 Å². The van der Waals surface area contributed by atoms with E-state index < -0.39 is 0 Å². The molecule has 0 bridgehead atoms. The van der Waals surface area contributed by atoms with E-state index in [1.54, 1.807) is 0 Å². The Morgan fingerprint density at radius 3 is 3.00 bits per heavy atom. The summed E-state index contributed by atoms with van der Waals surface area (Å²) in [4.78, 5) is 12.0. The molecule has 1 N–H and O–H groups in total. The third-order valence-electron chi connectivity index (χ3n) is 3.13. The lowest BCUT2D eigenvalue weighted by molar-refractivity contribution is -0.122. The molecule has 1 aromatic carbocycles. The number of nitrogens with one attached hydrogen (secondary N) is 1. The first-order valence-electron chi connectivity index (χ1n) is 6.38. The molecule has 0 saturated carbocycles. The van der Waals surface area contributed by atoms with Crippen LogP contribution >= 0.6 is 11.6 Å². The Morgan fingerprint density at radius 2 is 2.17 bits per heavy atom. The van der Waals surface area contributed by atoms with Crippen LogP contribution < -0.4 is 10.1 Å². The maximum atomic E-state index is 12.0. The number of alkyl halides is 1. The highest BCUT2D eigenvalue weighted by molar-refractivity contribution is 6.17. The van der Waals surface area contributed by atoms with Crippen LogP contribution in [0.5, 0.6) is 5.75 Å². The SMILES string of the molecule is O=C(NCCCCCCl)C1COc2ccccc21. The van der Waals surface area contributed by atoms with E-state index in [-0.39, 0.29) is 11.8 Å².